The zero-order valence-electron chi connectivity index (χ0n) is 8.24. The molecule has 0 heterocycles. The zero-order valence-corrected chi connectivity index (χ0v) is 8.24. The number of aliphatic carboxylic acids is 1. The number of carboxylic acids is 1. The lowest BCUT2D eigenvalue weighted by molar-refractivity contribution is -0.137. The average molecular weight is 202 g/mol. The van der Waals surface area contributed by atoms with Crippen molar-refractivity contribution in [3.05, 3.63) is 0 Å². The second-order valence-electron chi connectivity index (χ2n) is 3.36. The largest absolute Gasteiger partial charge is 0.481 e. The van der Waals surface area contributed by atoms with Crippen LogP contribution in [0.25, 0.3) is 0 Å². The molecular formula is C9H18N2O3. The first-order chi connectivity index (χ1) is 6.54. The molecule has 5 heteroatoms. The maximum absolute atomic E-state index is 10.2. The van der Waals surface area contributed by atoms with Gasteiger partial charge in [0.25, 0.3) is 0 Å². The molecule has 14 heavy (non-hydrogen) atoms. The molecule has 0 radical (unpaired) electrons. The first kappa shape index (κ1) is 12.9. The van der Waals surface area contributed by atoms with Crippen molar-refractivity contribution in [2.75, 3.05) is 0 Å². The number of carbonyl (C=O) groups excluding carboxylic acids is 1. The summed E-state index contributed by atoms with van der Waals surface area (Å²) in [5, 5.41) is 8.14. The van der Waals surface area contributed by atoms with Gasteiger partial charge in [0.2, 0.25) is 5.91 Å². The highest BCUT2D eigenvalue weighted by Gasteiger charge is 2.10. The third kappa shape index (κ3) is 7.54. The Labute approximate surface area is 83.5 Å². The highest BCUT2D eigenvalue weighted by atomic mass is 16.4. The molecule has 0 aliphatic heterocycles. The lowest BCUT2D eigenvalue weighted by Crippen LogP contribution is -2.36. The van der Waals surface area contributed by atoms with Gasteiger partial charge in [0.1, 0.15) is 0 Å². The SMILES string of the molecule is C1CCC1.NC(=O)C(N)CCC(=O)O. The Kier molecular flexibility index (Phi) is 6.74. The molecule has 0 aromatic rings. The fourth-order valence-electron chi connectivity index (χ4n) is 0.671. The normalized spacial score (nSPS) is 15.8. The predicted octanol–water partition coefficient (Wildman–Crippen LogP) is 0.224. The van der Waals surface area contributed by atoms with Crippen LogP contribution in [0, 0.1) is 0 Å². The molecule has 0 saturated heterocycles. The Morgan fingerprint density at radius 3 is 1.86 bits per heavy atom. The van der Waals surface area contributed by atoms with E-state index in [0.29, 0.717) is 0 Å². The molecule has 5 nitrogen and oxygen atoms in total. The summed E-state index contributed by atoms with van der Waals surface area (Å²) in [6.45, 7) is 0. The molecule has 1 fully saturated rings. The fraction of sp³-hybridized carbons (Fsp3) is 0.778. The molecule has 0 bridgehead atoms. The second kappa shape index (κ2) is 7.32. The zero-order chi connectivity index (χ0) is 11.0. The van der Waals surface area contributed by atoms with Gasteiger partial charge < -0.3 is 16.6 Å². The van der Waals surface area contributed by atoms with Crippen LogP contribution < -0.4 is 11.5 Å². The minimum Gasteiger partial charge on any atom is -0.481 e. The van der Waals surface area contributed by atoms with E-state index in [4.69, 9.17) is 16.6 Å². The van der Waals surface area contributed by atoms with E-state index in [2.05, 4.69) is 0 Å². The summed E-state index contributed by atoms with van der Waals surface area (Å²) < 4.78 is 0. The molecule has 82 valence electrons. The van der Waals surface area contributed by atoms with E-state index in [9.17, 15) is 9.59 Å². The van der Waals surface area contributed by atoms with E-state index in [1.807, 2.05) is 0 Å². The van der Waals surface area contributed by atoms with Crippen molar-refractivity contribution in [2.45, 2.75) is 44.6 Å². The molecule has 0 aromatic heterocycles. The molecule has 1 unspecified atom stereocenters. The van der Waals surface area contributed by atoms with Gasteiger partial charge in [-0.2, -0.15) is 0 Å². The summed E-state index contributed by atoms with van der Waals surface area (Å²) in [5.74, 6) is -1.64. The minimum absolute atomic E-state index is 0.102. The van der Waals surface area contributed by atoms with Crippen molar-refractivity contribution in [1.29, 1.82) is 0 Å². The van der Waals surface area contributed by atoms with Gasteiger partial charge in [0.05, 0.1) is 6.04 Å². The summed E-state index contributed by atoms with van der Waals surface area (Å²) in [4.78, 5) is 20.1. The van der Waals surface area contributed by atoms with Crippen LogP contribution in [0.4, 0.5) is 0 Å². The van der Waals surface area contributed by atoms with Crippen molar-refractivity contribution < 1.29 is 14.7 Å². The molecule has 1 aliphatic carbocycles. The Hall–Kier alpha value is -1.10. The maximum Gasteiger partial charge on any atom is 0.303 e. The van der Waals surface area contributed by atoms with Crippen LogP contribution >= 0.6 is 0 Å². The molecule has 1 rings (SSSR count). The summed E-state index contributed by atoms with van der Waals surface area (Å²) in [7, 11) is 0. The molecule has 1 saturated carbocycles. The van der Waals surface area contributed by atoms with Crippen LogP contribution in [0.5, 0.6) is 0 Å². The van der Waals surface area contributed by atoms with Gasteiger partial charge in [-0.05, 0) is 6.42 Å². The summed E-state index contributed by atoms with van der Waals surface area (Å²) in [6, 6.07) is -0.837. The van der Waals surface area contributed by atoms with Crippen molar-refractivity contribution in [2.24, 2.45) is 11.5 Å². The molecule has 0 aromatic carbocycles. The Balaban J connectivity index is 0.000000344. The number of hydrogen-bond acceptors (Lipinski definition) is 3. The van der Waals surface area contributed by atoms with Crippen molar-refractivity contribution in [1.82, 2.24) is 0 Å². The highest BCUT2D eigenvalue weighted by Crippen LogP contribution is 2.15. The fourth-order valence-corrected chi connectivity index (χ4v) is 0.671. The van der Waals surface area contributed by atoms with Crippen LogP contribution in [-0.4, -0.2) is 23.0 Å². The van der Waals surface area contributed by atoms with E-state index < -0.39 is 17.9 Å². The average Bonchev–Trinajstić information content (AvgIpc) is 1.96. The van der Waals surface area contributed by atoms with Crippen LogP contribution in [0.2, 0.25) is 0 Å². The third-order valence-electron chi connectivity index (χ3n) is 2.03. The molecule has 1 aliphatic rings. The quantitative estimate of drug-likeness (QED) is 0.606. The Morgan fingerprint density at radius 1 is 1.21 bits per heavy atom. The number of primary amides is 1. The van der Waals surface area contributed by atoms with Gasteiger partial charge in [-0.1, -0.05) is 25.7 Å². The van der Waals surface area contributed by atoms with Crippen LogP contribution in [0.1, 0.15) is 38.5 Å². The lowest BCUT2D eigenvalue weighted by atomic mass is 10.0. The van der Waals surface area contributed by atoms with Crippen LogP contribution in [-0.2, 0) is 9.59 Å². The molecule has 1 amide bonds. The standard InChI is InChI=1S/C5H10N2O3.C4H8/c6-3(5(7)10)1-2-4(8)9;1-2-4-3-1/h3H,1-2,6H2,(H2,7,10)(H,8,9);1-4H2. The van der Waals surface area contributed by atoms with Gasteiger partial charge in [-0.15, -0.1) is 0 Å². The number of carboxylic acid groups (broad SMARTS) is 1. The maximum atomic E-state index is 10.2. The molecule has 1 atom stereocenters. The highest BCUT2D eigenvalue weighted by molar-refractivity contribution is 5.80. The number of rotatable bonds is 4. The van der Waals surface area contributed by atoms with Gasteiger partial charge in [0.15, 0.2) is 0 Å². The van der Waals surface area contributed by atoms with Crippen molar-refractivity contribution in [3.8, 4) is 0 Å². The first-order valence-corrected chi connectivity index (χ1v) is 4.80. The van der Waals surface area contributed by atoms with E-state index >= 15 is 0 Å². The van der Waals surface area contributed by atoms with Crippen molar-refractivity contribution in [3.63, 3.8) is 0 Å². The topological polar surface area (TPSA) is 106 Å². The first-order valence-electron chi connectivity index (χ1n) is 4.80. The predicted molar refractivity (Wildman–Crippen MR) is 52.5 cm³/mol. The lowest BCUT2D eigenvalue weighted by Gasteiger charge is -2.05. The van der Waals surface area contributed by atoms with Gasteiger partial charge in [-0.25, -0.2) is 0 Å². The number of carbonyl (C=O) groups is 2. The van der Waals surface area contributed by atoms with Gasteiger partial charge in [-0.3, -0.25) is 9.59 Å². The van der Waals surface area contributed by atoms with Crippen LogP contribution in [0.3, 0.4) is 0 Å². The van der Waals surface area contributed by atoms with Crippen molar-refractivity contribution >= 4 is 11.9 Å². The molecular weight excluding hydrogens is 184 g/mol. The monoisotopic (exact) mass is 202 g/mol. The number of hydrogen-bond donors (Lipinski definition) is 3. The number of nitrogens with two attached hydrogens (primary N) is 2. The molecule has 5 N–H and O–H groups in total. The minimum atomic E-state index is -0.975. The Bertz CT molecular complexity index is 186. The van der Waals surface area contributed by atoms with Crippen LogP contribution in [0.15, 0.2) is 0 Å². The summed E-state index contributed by atoms with van der Waals surface area (Å²) in [6.07, 6.45) is 5.98. The third-order valence-corrected chi connectivity index (χ3v) is 2.03. The summed E-state index contributed by atoms with van der Waals surface area (Å²) in [5.41, 5.74) is 9.89. The van der Waals surface area contributed by atoms with E-state index in [1.165, 1.54) is 25.7 Å². The smallest absolute Gasteiger partial charge is 0.303 e. The molecule has 0 spiro atoms. The Morgan fingerprint density at radius 2 is 1.64 bits per heavy atom. The van der Waals surface area contributed by atoms with E-state index in [-0.39, 0.29) is 12.8 Å². The van der Waals surface area contributed by atoms with Gasteiger partial charge in [0, 0.05) is 6.42 Å². The number of amides is 1. The van der Waals surface area contributed by atoms with E-state index in [1.54, 1.807) is 0 Å². The van der Waals surface area contributed by atoms with Gasteiger partial charge >= 0.3 is 5.97 Å². The summed E-state index contributed by atoms with van der Waals surface area (Å²) >= 11 is 0. The van der Waals surface area contributed by atoms with E-state index in [0.717, 1.165) is 0 Å². The second-order valence-corrected chi connectivity index (χ2v) is 3.36.